The van der Waals surface area contributed by atoms with Crippen molar-refractivity contribution in [2.45, 2.75) is 37.2 Å². The summed E-state index contributed by atoms with van der Waals surface area (Å²) < 4.78 is 36.4. The zero-order valence-electron chi connectivity index (χ0n) is 14.2. The summed E-state index contributed by atoms with van der Waals surface area (Å²) in [6.07, 6.45) is 0.230. The van der Waals surface area contributed by atoms with Gasteiger partial charge in [-0.2, -0.15) is 0 Å². The summed E-state index contributed by atoms with van der Waals surface area (Å²) in [6.45, 7) is 3.85. The Morgan fingerprint density at radius 1 is 1.08 bits per heavy atom. The molecule has 1 amide bonds. The summed E-state index contributed by atoms with van der Waals surface area (Å²) in [4.78, 5) is 12.4. The lowest BCUT2D eigenvalue weighted by Gasteiger charge is -2.24. The number of sulfone groups is 1. The molecule has 0 atom stereocenters. The van der Waals surface area contributed by atoms with Crippen LogP contribution in [0.4, 0.5) is 10.1 Å². The lowest BCUT2D eigenvalue weighted by Crippen LogP contribution is -2.25. The number of hydrogen-bond donors (Lipinski definition) is 1. The number of amides is 1. The standard InChI is InChI=1S/C19H20FNO3S/c1-19(2,15-4-6-16(20)7-5-15)10-18(22)21-17-8-3-13-11-25(23,24)12-14(13)9-17/h3-9H,10-12H2,1-2H3,(H,21,22). The van der Waals surface area contributed by atoms with E-state index < -0.39 is 15.3 Å². The van der Waals surface area contributed by atoms with Crippen LogP contribution in [0, 0.1) is 5.82 Å². The Morgan fingerprint density at radius 2 is 1.72 bits per heavy atom. The predicted molar refractivity (Wildman–Crippen MR) is 95.4 cm³/mol. The van der Waals surface area contributed by atoms with E-state index in [0.29, 0.717) is 5.69 Å². The lowest BCUT2D eigenvalue weighted by atomic mass is 9.81. The Kier molecular flexibility index (Phi) is 4.41. The molecule has 0 radical (unpaired) electrons. The maximum Gasteiger partial charge on any atom is 0.225 e. The van der Waals surface area contributed by atoms with Gasteiger partial charge in [0.15, 0.2) is 9.84 Å². The number of nitrogens with one attached hydrogen (secondary N) is 1. The van der Waals surface area contributed by atoms with Gasteiger partial charge in [0, 0.05) is 12.1 Å². The Morgan fingerprint density at radius 3 is 2.40 bits per heavy atom. The van der Waals surface area contributed by atoms with Gasteiger partial charge in [0.25, 0.3) is 0 Å². The number of anilines is 1. The van der Waals surface area contributed by atoms with Crippen molar-refractivity contribution in [3.63, 3.8) is 0 Å². The van der Waals surface area contributed by atoms with Crippen molar-refractivity contribution in [1.82, 2.24) is 0 Å². The fourth-order valence-corrected chi connectivity index (χ4v) is 4.71. The largest absolute Gasteiger partial charge is 0.326 e. The van der Waals surface area contributed by atoms with Gasteiger partial charge in [-0.1, -0.05) is 32.0 Å². The van der Waals surface area contributed by atoms with Gasteiger partial charge < -0.3 is 5.32 Å². The van der Waals surface area contributed by atoms with Gasteiger partial charge in [-0.25, -0.2) is 12.8 Å². The first-order chi connectivity index (χ1) is 11.6. The molecule has 6 heteroatoms. The highest BCUT2D eigenvalue weighted by molar-refractivity contribution is 7.90. The molecule has 2 aromatic carbocycles. The molecule has 0 bridgehead atoms. The van der Waals surface area contributed by atoms with E-state index in [1.807, 2.05) is 13.8 Å². The molecule has 0 unspecified atom stereocenters. The van der Waals surface area contributed by atoms with E-state index in [9.17, 15) is 17.6 Å². The van der Waals surface area contributed by atoms with Crippen LogP contribution in [-0.4, -0.2) is 14.3 Å². The van der Waals surface area contributed by atoms with E-state index >= 15 is 0 Å². The second-order valence-electron chi connectivity index (χ2n) is 7.13. The van der Waals surface area contributed by atoms with Crippen LogP contribution in [0.25, 0.3) is 0 Å². The SMILES string of the molecule is CC(C)(CC(=O)Nc1ccc2c(c1)CS(=O)(=O)C2)c1ccc(F)cc1. The van der Waals surface area contributed by atoms with Crippen LogP contribution in [0.3, 0.4) is 0 Å². The van der Waals surface area contributed by atoms with Gasteiger partial charge in [-0.05, 0) is 46.4 Å². The molecule has 3 rings (SSSR count). The highest BCUT2D eigenvalue weighted by atomic mass is 32.2. The van der Waals surface area contributed by atoms with Crippen molar-refractivity contribution in [2.75, 3.05) is 5.32 Å². The second kappa shape index (κ2) is 6.26. The molecule has 1 heterocycles. The molecule has 0 aromatic heterocycles. The fraction of sp³-hybridized carbons (Fsp3) is 0.316. The van der Waals surface area contributed by atoms with Crippen LogP contribution in [-0.2, 0) is 31.6 Å². The van der Waals surface area contributed by atoms with Crippen LogP contribution in [0.1, 0.15) is 37.0 Å². The molecular weight excluding hydrogens is 341 g/mol. The average Bonchev–Trinajstić information content (AvgIpc) is 2.80. The Labute approximate surface area is 147 Å². The first-order valence-corrected chi connectivity index (χ1v) is 9.85. The van der Waals surface area contributed by atoms with Gasteiger partial charge in [0.05, 0.1) is 11.5 Å². The van der Waals surface area contributed by atoms with Gasteiger partial charge >= 0.3 is 0 Å². The smallest absolute Gasteiger partial charge is 0.225 e. The summed E-state index contributed by atoms with van der Waals surface area (Å²) in [5.41, 5.74) is 2.57. The van der Waals surface area contributed by atoms with Crippen molar-refractivity contribution in [3.8, 4) is 0 Å². The number of benzene rings is 2. The average molecular weight is 361 g/mol. The molecule has 25 heavy (non-hydrogen) atoms. The molecular formula is C19H20FNO3S. The van der Waals surface area contributed by atoms with Crippen LogP contribution < -0.4 is 5.32 Å². The van der Waals surface area contributed by atoms with Crippen molar-refractivity contribution in [2.24, 2.45) is 0 Å². The predicted octanol–water partition coefficient (Wildman–Crippen LogP) is 3.56. The monoisotopic (exact) mass is 361 g/mol. The highest BCUT2D eigenvalue weighted by Crippen LogP contribution is 2.30. The van der Waals surface area contributed by atoms with Crippen molar-refractivity contribution < 1.29 is 17.6 Å². The van der Waals surface area contributed by atoms with Gasteiger partial charge in [-0.3, -0.25) is 4.79 Å². The Hall–Kier alpha value is -2.21. The van der Waals surface area contributed by atoms with Crippen molar-refractivity contribution in [1.29, 1.82) is 0 Å². The minimum atomic E-state index is -3.06. The molecule has 1 aliphatic rings. The molecule has 0 saturated carbocycles. The third-order valence-electron chi connectivity index (χ3n) is 4.47. The lowest BCUT2D eigenvalue weighted by molar-refractivity contribution is -0.117. The van der Waals surface area contributed by atoms with Crippen molar-refractivity contribution >= 4 is 21.4 Å². The van der Waals surface area contributed by atoms with E-state index in [1.165, 1.54) is 12.1 Å². The van der Waals surface area contributed by atoms with Gasteiger partial charge in [0.2, 0.25) is 5.91 Å². The molecule has 2 aromatic rings. The summed E-state index contributed by atoms with van der Waals surface area (Å²) in [5, 5.41) is 2.83. The molecule has 4 nitrogen and oxygen atoms in total. The number of hydrogen-bond acceptors (Lipinski definition) is 3. The Balaban J connectivity index is 1.70. The maximum absolute atomic E-state index is 13.1. The second-order valence-corrected chi connectivity index (χ2v) is 9.20. The molecule has 0 saturated heterocycles. The summed E-state index contributed by atoms with van der Waals surface area (Å²) in [6, 6.07) is 11.3. The molecule has 0 fully saturated rings. The molecule has 0 aliphatic carbocycles. The van der Waals surface area contributed by atoms with Gasteiger partial charge in [-0.15, -0.1) is 0 Å². The summed E-state index contributed by atoms with van der Waals surface area (Å²) in [7, 11) is -3.06. The minimum Gasteiger partial charge on any atom is -0.326 e. The van der Waals surface area contributed by atoms with Crippen LogP contribution in [0.2, 0.25) is 0 Å². The summed E-state index contributed by atoms with van der Waals surface area (Å²) in [5.74, 6) is -0.395. The maximum atomic E-state index is 13.1. The number of halogens is 1. The molecule has 1 N–H and O–H groups in total. The van der Waals surface area contributed by atoms with Gasteiger partial charge in [0.1, 0.15) is 5.82 Å². The molecule has 0 spiro atoms. The van der Waals surface area contributed by atoms with E-state index in [-0.39, 0.29) is 29.7 Å². The number of carbonyl (C=O) groups is 1. The van der Waals surface area contributed by atoms with Crippen LogP contribution >= 0.6 is 0 Å². The Bertz CT molecular complexity index is 918. The molecule has 1 aliphatic heterocycles. The van der Waals surface area contributed by atoms with E-state index in [4.69, 9.17) is 0 Å². The molecule has 132 valence electrons. The first-order valence-electron chi connectivity index (χ1n) is 8.03. The first kappa shape index (κ1) is 17.6. The number of fused-ring (bicyclic) bond motifs is 1. The zero-order valence-corrected chi connectivity index (χ0v) is 15.0. The van der Waals surface area contributed by atoms with E-state index in [2.05, 4.69) is 5.32 Å². The normalized spacial score (nSPS) is 15.6. The van der Waals surface area contributed by atoms with E-state index in [0.717, 1.165) is 16.7 Å². The third-order valence-corrected chi connectivity index (χ3v) is 5.97. The highest BCUT2D eigenvalue weighted by Gasteiger charge is 2.26. The zero-order chi connectivity index (χ0) is 18.2. The van der Waals surface area contributed by atoms with Crippen LogP contribution in [0.5, 0.6) is 0 Å². The minimum absolute atomic E-state index is 0.0209. The topological polar surface area (TPSA) is 63.2 Å². The summed E-state index contributed by atoms with van der Waals surface area (Å²) >= 11 is 0. The van der Waals surface area contributed by atoms with Crippen LogP contribution in [0.15, 0.2) is 42.5 Å². The number of carbonyl (C=O) groups excluding carboxylic acids is 1. The fourth-order valence-electron chi connectivity index (χ4n) is 3.11. The quantitative estimate of drug-likeness (QED) is 0.906. The number of rotatable bonds is 4. The van der Waals surface area contributed by atoms with E-state index in [1.54, 1.807) is 30.3 Å². The van der Waals surface area contributed by atoms with Crippen molar-refractivity contribution in [3.05, 3.63) is 65.0 Å². The third kappa shape index (κ3) is 4.07.